The maximum atomic E-state index is 12.2. The number of nitrogens with zero attached hydrogens (tertiary/aromatic N) is 1. The molecular weight excluding hydrogens is 318 g/mol. The Balaban J connectivity index is 1.63. The Morgan fingerprint density at radius 2 is 1.44 bits per heavy atom. The van der Waals surface area contributed by atoms with E-state index in [2.05, 4.69) is 10.6 Å². The van der Waals surface area contributed by atoms with Crippen molar-refractivity contribution in [3.05, 3.63) is 83.8 Å². The van der Waals surface area contributed by atoms with Crippen LogP contribution in [0.3, 0.4) is 0 Å². The number of amides is 2. The van der Waals surface area contributed by atoms with Crippen molar-refractivity contribution in [1.29, 1.82) is 5.26 Å². The monoisotopic (exact) mass is 331 g/mol. The minimum absolute atomic E-state index is 0.221. The minimum Gasteiger partial charge on any atom is -0.459 e. The van der Waals surface area contributed by atoms with Crippen molar-refractivity contribution in [3.63, 3.8) is 0 Å². The molecule has 6 nitrogen and oxygen atoms in total. The summed E-state index contributed by atoms with van der Waals surface area (Å²) in [6.07, 6.45) is 1.43. The number of hydrogen-bond acceptors (Lipinski definition) is 4. The third-order valence-electron chi connectivity index (χ3n) is 3.42. The Morgan fingerprint density at radius 3 is 1.96 bits per heavy atom. The number of benzene rings is 2. The van der Waals surface area contributed by atoms with Gasteiger partial charge in [-0.15, -0.1) is 0 Å². The smallest absolute Gasteiger partial charge is 0.291 e. The molecule has 0 aliphatic rings. The van der Waals surface area contributed by atoms with Crippen LogP contribution in [0.15, 0.2) is 71.3 Å². The lowest BCUT2D eigenvalue weighted by Gasteiger charge is -2.07. The van der Waals surface area contributed by atoms with Gasteiger partial charge in [0.25, 0.3) is 11.8 Å². The maximum Gasteiger partial charge on any atom is 0.291 e. The van der Waals surface area contributed by atoms with E-state index in [1.807, 2.05) is 6.07 Å². The first-order chi connectivity index (χ1) is 12.2. The lowest BCUT2D eigenvalue weighted by molar-refractivity contribution is 0.0994. The fourth-order valence-electron chi connectivity index (χ4n) is 2.14. The molecule has 0 fully saturated rings. The molecular formula is C19H13N3O3. The van der Waals surface area contributed by atoms with Crippen LogP contribution in [0, 0.1) is 11.3 Å². The predicted octanol–water partition coefficient (Wildman–Crippen LogP) is 3.66. The first-order valence-electron chi connectivity index (χ1n) is 7.42. The van der Waals surface area contributed by atoms with Crippen molar-refractivity contribution in [2.75, 3.05) is 10.6 Å². The summed E-state index contributed by atoms with van der Waals surface area (Å²) in [4.78, 5) is 24.0. The molecule has 3 aromatic rings. The van der Waals surface area contributed by atoms with Crippen molar-refractivity contribution < 1.29 is 14.0 Å². The first-order valence-corrected chi connectivity index (χ1v) is 7.42. The van der Waals surface area contributed by atoms with Crippen molar-refractivity contribution in [2.45, 2.75) is 0 Å². The van der Waals surface area contributed by atoms with Gasteiger partial charge in [0.2, 0.25) is 0 Å². The van der Waals surface area contributed by atoms with Crippen LogP contribution in [0.1, 0.15) is 26.5 Å². The Hall–Kier alpha value is -3.85. The quantitative estimate of drug-likeness (QED) is 0.762. The maximum absolute atomic E-state index is 12.2. The van der Waals surface area contributed by atoms with Crippen molar-refractivity contribution in [2.24, 2.45) is 0 Å². The molecule has 2 amide bonds. The van der Waals surface area contributed by atoms with Gasteiger partial charge in [0.15, 0.2) is 5.76 Å². The van der Waals surface area contributed by atoms with Gasteiger partial charge in [0.1, 0.15) is 0 Å². The number of hydrogen-bond donors (Lipinski definition) is 2. The molecule has 0 aliphatic heterocycles. The zero-order valence-electron chi connectivity index (χ0n) is 13.0. The Morgan fingerprint density at radius 1 is 0.840 bits per heavy atom. The van der Waals surface area contributed by atoms with E-state index >= 15 is 0 Å². The van der Waals surface area contributed by atoms with Crippen LogP contribution in [-0.4, -0.2) is 11.8 Å². The highest BCUT2D eigenvalue weighted by molar-refractivity contribution is 6.05. The number of carbonyl (C=O) groups excluding carboxylic acids is 2. The fraction of sp³-hybridized carbons (Fsp3) is 0. The molecule has 1 aromatic heterocycles. The zero-order valence-corrected chi connectivity index (χ0v) is 13.0. The van der Waals surface area contributed by atoms with Crippen LogP contribution < -0.4 is 10.6 Å². The van der Waals surface area contributed by atoms with Gasteiger partial charge in [-0.25, -0.2) is 0 Å². The number of carbonyl (C=O) groups is 2. The number of anilines is 2. The molecule has 0 saturated heterocycles. The molecule has 3 rings (SSSR count). The molecule has 122 valence electrons. The van der Waals surface area contributed by atoms with E-state index in [-0.39, 0.29) is 17.6 Å². The highest BCUT2D eigenvalue weighted by Crippen LogP contribution is 2.16. The second kappa shape index (κ2) is 7.15. The van der Waals surface area contributed by atoms with E-state index in [9.17, 15) is 9.59 Å². The summed E-state index contributed by atoms with van der Waals surface area (Å²) >= 11 is 0. The minimum atomic E-state index is -0.348. The SMILES string of the molecule is N#Cc1ccc(C(=O)Nc2ccc(NC(=O)c3ccco3)cc2)cc1. The Bertz CT molecular complexity index is 922. The molecule has 0 bridgehead atoms. The second-order valence-corrected chi connectivity index (χ2v) is 5.15. The number of rotatable bonds is 4. The van der Waals surface area contributed by atoms with Gasteiger partial charge in [0, 0.05) is 16.9 Å². The molecule has 2 N–H and O–H groups in total. The molecule has 6 heteroatoms. The number of nitrogens with one attached hydrogen (secondary N) is 2. The molecule has 0 spiro atoms. The first kappa shape index (κ1) is 16.0. The molecule has 0 saturated carbocycles. The molecule has 0 atom stereocenters. The summed E-state index contributed by atoms with van der Waals surface area (Å²) in [7, 11) is 0. The highest BCUT2D eigenvalue weighted by Gasteiger charge is 2.09. The summed E-state index contributed by atoms with van der Waals surface area (Å²) in [5, 5.41) is 14.2. The fourth-order valence-corrected chi connectivity index (χ4v) is 2.14. The highest BCUT2D eigenvalue weighted by atomic mass is 16.3. The van der Waals surface area contributed by atoms with Gasteiger partial charge in [-0.05, 0) is 60.7 Å². The Labute approximate surface area is 143 Å². The Kier molecular flexibility index (Phi) is 4.58. The summed E-state index contributed by atoms with van der Waals surface area (Å²) < 4.78 is 5.02. The van der Waals surface area contributed by atoms with Crippen LogP contribution >= 0.6 is 0 Å². The van der Waals surface area contributed by atoms with Crippen molar-refractivity contribution in [1.82, 2.24) is 0 Å². The number of furan rings is 1. The van der Waals surface area contributed by atoms with Crippen LogP contribution in [0.5, 0.6) is 0 Å². The lowest BCUT2D eigenvalue weighted by Crippen LogP contribution is -2.12. The summed E-state index contributed by atoms with van der Waals surface area (Å²) in [6.45, 7) is 0. The zero-order chi connectivity index (χ0) is 17.6. The predicted molar refractivity (Wildman–Crippen MR) is 92.2 cm³/mol. The van der Waals surface area contributed by atoms with Crippen LogP contribution in [0.25, 0.3) is 0 Å². The lowest BCUT2D eigenvalue weighted by atomic mass is 10.1. The summed E-state index contributed by atoms with van der Waals surface area (Å²) in [5.74, 6) is -0.408. The van der Waals surface area contributed by atoms with Crippen LogP contribution in [-0.2, 0) is 0 Å². The van der Waals surface area contributed by atoms with Gasteiger partial charge in [0.05, 0.1) is 17.9 Å². The van der Waals surface area contributed by atoms with Gasteiger partial charge < -0.3 is 15.1 Å². The summed E-state index contributed by atoms with van der Waals surface area (Å²) in [6, 6.07) is 18.3. The van der Waals surface area contributed by atoms with Gasteiger partial charge in [-0.1, -0.05) is 0 Å². The van der Waals surface area contributed by atoms with Crippen molar-refractivity contribution in [3.8, 4) is 6.07 Å². The van der Waals surface area contributed by atoms with Gasteiger partial charge >= 0.3 is 0 Å². The standard InChI is InChI=1S/C19H13N3O3/c20-12-13-3-5-14(6-4-13)18(23)21-15-7-9-16(10-8-15)22-19(24)17-2-1-11-25-17/h1-11H,(H,21,23)(H,22,24). The van der Waals surface area contributed by atoms with E-state index in [4.69, 9.17) is 9.68 Å². The third-order valence-corrected chi connectivity index (χ3v) is 3.42. The molecule has 0 unspecified atom stereocenters. The van der Waals surface area contributed by atoms with Gasteiger partial charge in [-0.2, -0.15) is 5.26 Å². The van der Waals surface area contributed by atoms with Crippen LogP contribution in [0.4, 0.5) is 11.4 Å². The average molecular weight is 331 g/mol. The topological polar surface area (TPSA) is 95.1 Å². The summed E-state index contributed by atoms with van der Waals surface area (Å²) in [5.41, 5.74) is 2.12. The third kappa shape index (κ3) is 3.92. The largest absolute Gasteiger partial charge is 0.459 e. The van der Waals surface area contributed by atoms with E-state index in [0.29, 0.717) is 22.5 Å². The second-order valence-electron chi connectivity index (χ2n) is 5.15. The molecule has 1 heterocycles. The van der Waals surface area contributed by atoms with E-state index in [0.717, 1.165) is 0 Å². The molecule has 0 radical (unpaired) electrons. The van der Waals surface area contributed by atoms with Crippen LogP contribution in [0.2, 0.25) is 0 Å². The van der Waals surface area contributed by atoms with Crippen molar-refractivity contribution >= 4 is 23.2 Å². The normalized spacial score (nSPS) is 9.88. The number of nitriles is 1. The van der Waals surface area contributed by atoms with E-state index in [1.165, 1.54) is 6.26 Å². The van der Waals surface area contributed by atoms with E-state index < -0.39 is 0 Å². The van der Waals surface area contributed by atoms with E-state index in [1.54, 1.807) is 60.7 Å². The van der Waals surface area contributed by atoms with Gasteiger partial charge in [-0.3, -0.25) is 9.59 Å². The molecule has 0 aliphatic carbocycles. The molecule has 25 heavy (non-hydrogen) atoms. The average Bonchev–Trinajstić information content (AvgIpc) is 3.18. The molecule has 2 aromatic carbocycles.